The Kier molecular flexibility index (Phi) is 4.74. The fourth-order valence-electron chi connectivity index (χ4n) is 1.84. The molecule has 0 aliphatic rings. The summed E-state index contributed by atoms with van der Waals surface area (Å²) in [5.41, 5.74) is 1.98. The van der Waals surface area contributed by atoms with Crippen molar-refractivity contribution in [3.8, 4) is 11.6 Å². The van der Waals surface area contributed by atoms with Crippen LogP contribution in [0, 0.1) is 0 Å². The average Bonchev–Trinajstić information content (AvgIpc) is 2.47. The number of rotatable bonds is 5. The second-order valence-corrected chi connectivity index (χ2v) is 4.70. The fourth-order valence-corrected chi connectivity index (χ4v) is 2.02. The van der Waals surface area contributed by atoms with Crippen molar-refractivity contribution >= 4 is 11.6 Å². The van der Waals surface area contributed by atoms with Crippen LogP contribution in [0.4, 0.5) is 0 Å². The molecule has 0 radical (unpaired) electrons. The number of nitrogens with zero attached hydrogens (tertiary/aromatic N) is 2. The second kappa shape index (κ2) is 6.53. The van der Waals surface area contributed by atoms with Gasteiger partial charge >= 0.3 is 0 Å². The first kappa shape index (κ1) is 13.8. The monoisotopic (exact) mass is 276 g/mol. The number of aromatic nitrogens is 2. The van der Waals surface area contributed by atoms with E-state index in [2.05, 4.69) is 29.9 Å². The molecule has 4 heteroatoms. The van der Waals surface area contributed by atoms with Crippen LogP contribution in [-0.2, 0) is 5.88 Å². The Morgan fingerprint density at radius 2 is 2.11 bits per heavy atom. The van der Waals surface area contributed by atoms with Gasteiger partial charge in [-0.15, -0.1) is 11.6 Å². The molecule has 0 saturated carbocycles. The molecule has 0 aliphatic carbocycles. The summed E-state index contributed by atoms with van der Waals surface area (Å²) >= 11 is 5.87. The molecule has 1 heterocycles. The number of hydrogen-bond acceptors (Lipinski definition) is 3. The van der Waals surface area contributed by atoms with Gasteiger partial charge in [-0.05, 0) is 24.0 Å². The molecule has 1 unspecified atom stereocenters. The van der Waals surface area contributed by atoms with Crippen LogP contribution in [-0.4, -0.2) is 9.97 Å². The predicted octanol–water partition coefficient (Wildman–Crippen LogP) is 4.52. The highest BCUT2D eigenvalue weighted by atomic mass is 35.5. The van der Waals surface area contributed by atoms with Crippen molar-refractivity contribution < 1.29 is 4.74 Å². The van der Waals surface area contributed by atoms with Crippen LogP contribution < -0.4 is 4.74 Å². The van der Waals surface area contributed by atoms with Gasteiger partial charge in [0.2, 0.25) is 5.88 Å². The topological polar surface area (TPSA) is 35.0 Å². The molecule has 1 aromatic heterocycles. The van der Waals surface area contributed by atoms with Crippen molar-refractivity contribution in [2.24, 2.45) is 0 Å². The first-order valence-electron chi connectivity index (χ1n) is 6.37. The SMILES string of the molecule is CCC(C)c1ccccc1Oc1ncncc1CCl. The summed E-state index contributed by atoms with van der Waals surface area (Å²) in [4.78, 5) is 8.11. The van der Waals surface area contributed by atoms with Gasteiger partial charge in [0.1, 0.15) is 12.1 Å². The molecule has 0 N–H and O–H groups in total. The number of ether oxygens (including phenoxy) is 1. The lowest BCUT2D eigenvalue weighted by molar-refractivity contribution is 0.446. The summed E-state index contributed by atoms with van der Waals surface area (Å²) in [5.74, 6) is 2.14. The Balaban J connectivity index is 2.33. The smallest absolute Gasteiger partial charge is 0.226 e. The summed E-state index contributed by atoms with van der Waals surface area (Å²) in [6.07, 6.45) is 4.21. The highest BCUT2D eigenvalue weighted by molar-refractivity contribution is 6.17. The predicted molar refractivity (Wildman–Crippen MR) is 76.8 cm³/mol. The zero-order valence-electron chi connectivity index (χ0n) is 11.1. The molecule has 1 atom stereocenters. The third kappa shape index (κ3) is 3.24. The molecule has 0 bridgehead atoms. The summed E-state index contributed by atoms with van der Waals surface area (Å²) in [6, 6.07) is 8.03. The molecule has 19 heavy (non-hydrogen) atoms. The van der Waals surface area contributed by atoms with E-state index in [1.807, 2.05) is 18.2 Å². The van der Waals surface area contributed by atoms with Crippen molar-refractivity contribution in [2.75, 3.05) is 0 Å². The molecular formula is C15H17ClN2O. The van der Waals surface area contributed by atoms with Gasteiger partial charge in [-0.1, -0.05) is 32.0 Å². The van der Waals surface area contributed by atoms with Crippen LogP contribution >= 0.6 is 11.6 Å². The number of alkyl halides is 1. The first-order valence-corrected chi connectivity index (χ1v) is 6.91. The largest absolute Gasteiger partial charge is 0.438 e. The fraction of sp³-hybridized carbons (Fsp3) is 0.333. The van der Waals surface area contributed by atoms with Gasteiger partial charge in [-0.25, -0.2) is 9.97 Å². The van der Waals surface area contributed by atoms with E-state index in [4.69, 9.17) is 16.3 Å². The summed E-state index contributed by atoms with van der Waals surface area (Å²) in [6.45, 7) is 4.35. The third-order valence-electron chi connectivity index (χ3n) is 3.16. The number of hydrogen-bond donors (Lipinski definition) is 0. The van der Waals surface area contributed by atoms with E-state index < -0.39 is 0 Å². The van der Waals surface area contributed by atoms with Crippen LogP contribution in [0.5, 0.6) is 11.6 Å². The van der Waals surface area contributed by atoms with Crippen molar-refractivity contribution in [1.29, 1.82) is 0 Å². The van der Waals surface area contributed by atoms with E-state index in [1.54, 1.807) is 6.20 Å². The highest BCUT2D eigenvalue weighted by Gasteiger charge is 2.12. The Morgan fingerprint density at radius 3 is 2.84 bits per heavy atom. The zero-order chi connectivity index (χ0) is 13.7. The van der Waals surface area contributed by atoms with E-state index in [1.165, 1.54) is 11.9 Å². The molecule has 0 spiro atoms. The van der Waals surface area contributed by atoms with E-state index >= 15 is 0 Å². The lowest BCUT2D eigenvalue weighted by atomic mass is 9.98. The van der Waals surface area contributed by atoms with Crippen LogP contribution in [0.3, 0.4) is 0 Å². The van der Waals surface area contributed by atoms with E-state index in [-0.39, 0.29) is 0 Å². The zero-order valence-corrected chi connectivity index (χ0v) is 11.9. The molecule has 3 nitrogen and oxygen atoms in total. The molecule has 100 valence electrons. The Bertz CT molecular complexity index is 545. The number of halogens is 1. The normalized spacial score (nSPS) is 12.2. The van der Waals surface area contributed by atoms with Crippen molar-refractivity contribution in [3.05, 3.63) is 47.9 Å². The molecule has 0 saturated heterocycles. The first-order chi connectivity index (χ1) is 9.26. The minimum Gasteiger partial charge on any atom is -0.438 e. The van der Waals surface area contributed by atoms with Gasteiger partial charge in [0, 0.05) is 11.8 Å². The maximum absolute atomic E-state index is 5.92. The lowest BCUT2D eigenvalue weighted by Gasteiger charge is -2.15. The number of benzene rings is 1. The van der Waals surface area contributed by atoms with Gasteiger partial charge in [-0.3, -0.25) is 0 Å². The molecule has 0 aliphatic heterocycles. The van der Waals surface area contributed by atoms with Gasteiger partial charge in [0.25, 0.3) is 0 Å². The molecule has 2 rings (SSSR count). The highest BCUT2D eigenvalue weighted by Crippen LogP contribution is 2.32. The maximum Gasteiger partial charge on any atom is 0.226 e. The van der Waals surface area contributed by atoms with Gasteiger partial charge in [0.05, 0.1) is 5.88 Å². The van der Waals surface area contributed by atoms with E-state index in [0.29, 0.717) is 17.7 Å². The summed E-state index contributed by atoms with van der Waals surface area (Å²) in [5, 5.41) is 0. The molecule has 0 amide bonds. The third-order valence-corrected chi connectivity index (χ3v) is 3.45. The molecule has 0 fully saturated rings. The lowest BCUT2D eigenvalue weighted by Crippen LogP contribution is -1.99. The number of para-hydroxylation sites is 1. The van der Waals surface area contributed by atoms with Gasteiger partial charge < -0.3 is 4.74 Å². The van der Waals surface area contributed by atoms with Crippen molar-refractivity contribution in [1.82, 2.24) is 9.97 Å². The Hall–Kier alpha value is -1.61. The summed E-state index contributed by atoms with van der Waals surface area (Å²) < 4.78 is 5.92. The molecule has 2 aromatic rings. The minimum absolute atomic E-state index is 0.335. The molecular weight excluding hydrogens is 260 g/mol. The standard InChI is InChI=1S/C15H17ClN2O/c1-3-11(2)13-6-4-5-7-14(13)19-15-12(8-16)9-17-10-18-15/h4-7,9-11H,3,8H2,1-2H3. The van der Waals surface area contributed by atoms with Crippen LogP contribution in [0.1, 0.15) is 37.3 Å². The van der Waals surface area contributed by atoms with Crippen LogP contribution in [0.25, 0.3) is 0 Å². The van der Waals surface area contributed by atoms with Gasteiger partial charge in [0.15, 0.2) is 0 Å². The van der Waals surface area contributed by atoms with E-state index in [9.17, 15) is 0 Å². The van der Waals surface area contributed by atoms with Crippen LogP contribution in [0.2, 0.25) is 0 Å². The maximum atomic E-state index is 5.92. The van der Waals surface area contributed by atoms with E-state index in [0.717, 1.165) is 17.7 Å². The second-order valence-electron chi connectivity index (χ2n) is 4.44. The van der Waals surface area contributed by atoms with Crippen molar-refractivity contribution in [2.45, 2.75) is 32.1 Å². The minimum atomic E-state index is 0.335. The molecule has 1 aromatic carbocycles. The van der Waals surface area contributed by atoms with Gasteiger partial charge in [-0.2, -0.15) is 0 Å². The summed E-state index contributed by atoms with van der Waals surface area (Å²) in [7, 11) is 0. The quantitative estimate of drug-likeness (QED) is 0.753. The Labute approximate surface area is 118 Å². The van der Waals surface area contributed by atoms with Crippen molar-refractivity contribution in [3.63, 3.8) is 0 Å². The average molecular weight is 277 g/mol. The Morgan fingerprint density at radius 1 is 1.32 bits per heavy atom. The van der Waals surface area contributed by atoms with Crippen LogP contribution in [0.15, 0.2) is 36.8 Å².